The summed E-state index contributed by atoms with van der Waals surface area (Å²) in [4.78, 5) is 2.56. The molecule has 2 atom stereocenters. The van der Waals surface area contributed by atoms with Crippen molar-refractivity contribution in [2.24, 2.45) is 11.8 Å². The van der Waals surface area contributed by atoms with E-state index in [1.54, 1.807) is 0 Å². The minimum Gasteiger partial charge on any atom is -0.468 e. The molecule has 102 valence electrons. The lowest BCUT2D eigenvalue weighted by atomic mass is 9.88. The van der Waals surface area contributed by atoms with Crippen LogP contribution in [0.15, 0.2) is 16.7 Å². The Bertz CT molecular complexity index is 361. The van der Waals surface area contributed by atoms with Crippen molar-refractivity contribution in [3.63, 3.8) is 0 Å². The molecule has 0 aliphatic carbocycles. The fourth-order valence-electron chi connectivity index (χ4n) is 2.64. The zero-order valence-corrected chi connectivity index (χ0v) is 11.9. The fourth-order valence-corrected chi connectivity index (χ4v) is 2.64. The van der Waals surface area contributed by atoms with Gasteiger partial charge in [0.25, 0.3) is 0 Å². The third-order valence-electron chi connectivity index (χ3n) is 4.19. The monoisotopic (exact) mass is 250 g/mol. The molecule has 0 spiro atoms. The molecule has 2 unspecified atom stereocenters. The predicted octanol–water partition coefficient (Wildman–Crippen LogP) is 2.87. The molecule has 18 heavy (non-hydrogen) atoms. The molecule has 2 rings (SSSR count). The number of hydrogen-bond acceptors (Lipinski definition) is 3. The molecule has 1 fully saturated rings. The van der Waals surface area contributed by atoms with E-state index in [1.165, 1.54) is 25.1 Å². The predicted molar refractivity (Wildman–Crippen MR) is 74.3 cm³/mol. The van der Waals surface area contributed by atoms with Crippen molar-refractivity contribution in [2.45, 2.75) is 40.3 Å². The molecular formula is C15H26N2O. The number of nitrogens with zero attached hydrogens (tertiary/aromatic N) is 1. The second kappa shape index (κ2) is 6.39. The molecule has 1 aromatic heterocycles. The first-order valence-electron chi connectivity index (χ1n) is 7.19. The minimum absolute atomic E-state index is 0.808. The Balaban J connectivity index is 1.91. The molecule has 1 saturated heterocycles. The van der Waals surface area contributed by atoms with Crippen LogP contribution < -0.4 is 5.32 Å². The Morgan fingerprint density at radius 3 is 2.94 bits per heavy atom. The van der Waals surface area contributed by atoms with Gasteiger partial charge in [0, 0.05) is 18.7 Å². The summed E-state index contributed by atoms with van der Waals surface area (Å²) in [6, 6.07) is 2.12. The second-order valence-corrected chi connectivity index (χ2v) is 5.63. The number of hydrogen-bond donors (Lipinski definition) is 1. The lowest BCUT2D eigenvalue weighted by Gasteiger charge is -2.35. The Hall–Kier alpha value is -0.800. The van der Waals surface area contributed by atoms with Gasteiger partial charge in [0.2, 0.25) is 0 Å². The summed E-state index contributed by atoms with van der Waals surface area (Å²) in [7, 11) is 0. The van der Waals surface area contributed by atoms with Gasteiger partial charge in [-0.25, -0.2) is 0 Å². The van der Waals surface area contributed by atoms with Crippen molar-refractivity contribution in [2.75, 3.05) is 19.6 Å². The number of furan rings is 1. The standard InChI is InChI=1S/C15H26N2O/c1-4-16-9-15-14(6-8-18-15)11-17-7-5-12(2)13(3)10-17/h6,8,12-13,16H,4-5,7,9-11H2,1-3H3. The van der Waals surface area contributed by atoms with Gasteiger partial charge in [0.05, 0.1) is 12.8 Å². The highest BCUT2D eigenvalue weighted by atomic mass is 16.3. The maximum Gasteiger partial charge on any atom is 0.122 e. The van der Waals surface area contributed by atoms with Crippen molar-refractivity contribution in [3.8, 4) is 0 Å². The van der Waals surface area contributed by atoms with Crippen LogP contribution in [0.25, 0.3) is 0 Å². The normalized spacial score (nSPS) is 25.5. The molecule has 0 aromatic carbocycles. The molecule has 0 saturated carbocycles. The molecule has 1 aliphatic heterocycles. The SMILES string of the molecule is CCNCc1occc1CN1CCC(C)C(C)C1. The maximum absolute atomic E-state index is 5.57. The second-order valence-electron chi connectivity index (χ2n) is 5.63. The molecule has 0 amide bonds. The zero-order chi connectivity index (χ0) is 13.0. The van der Waals surface area contributed by atoms with Gasteiger partial charge in [-0.15, -0.1) is 0 Å². The first kappa shape index (κ1) is 13.6. The van der Waals surface area contributed by atoms with Gasteiger partial charge in [0.1, 0.15) is 5.76 Å². The van der Waals surface area contributed by atoms with Crippen LogP contribution in [0, 0.1) is 11.8 Å². The maximum atomic E-state index is 5.57. The van der Waals surface area contributed by atoms with Crippen LogP contribution >= 0.6 is 0 Å². The summed E-state index contributed by atoms with van der Waals surface area (Å²) in [6.07, 6.45) is 3.14. The van der Waals surface area contributed by atoms with Crippen molar-refractivity contribution in [1.29, 1.82) is 0 Å². The first-order chi connectivity index (χ1) is 8.70. The quantitative estimate of drug-likeness (QED) is 0.871. The molecule has 1 N–H and O–H groups in total. The van der Waals surface area contributed by atoms with Crippen LogP contribution in [0.3, 0.4) is 0 Å². The Morgan fingerprint density at radius 1 is 1.39 bits per heavy atom. The van der Waals surface area contributed by atoms with Crippen LogP contribution in [0.4, 0.5) is 0 Å². The summed E-state index contributed by atoms with van der Waals surface area (Å²) in [5.74, 6) is 2.78. The smallest absolute Gasteiger partial charge is 0.122 e. The van der Waals surface area contributed by atoms with E-state index in [0.29, 0.717) is 0 Å². The first-order valence-corrected chi connectivity index (χ1v) is 7.19. The van der Waals surface area contributed by atoms with Gasteiger partial charge in [-0.05, 0) is 37.4 Å². The third-order valence-corrected chi connectivity index (χ3v) is 4.19. The highest BCUT2D eigenvalue weighted by Crippen LogP contribution is 2.24. The van der Waals surface area contributed by atoms with Crippen molar-refractivity contribution in [3.05, 3.63) is 23.7 Å². The zero-order valence-electron chi connectivity index (χ0n) is 11.9. The van der Waals surface area contributed by atoms with Gasteiger partial charge in [0.15, 0.2) is 0 Å². The van der Waals surface area contributed by atoms with E-state index >= 15 is 0 Å². The molecule has 0 bridgehead atoms. The molecule has 1 aromatic rings. The number of nitrogens with one attached hydrogen (secondary N) is 1. The van der Waals surface area contributed by atoms with E-state index in [-0.39, 0.29) is 0 Å². The van der Waals surface area contributed by atoms with Gasteiger partial charge < -0.3 is 9.73 Å². The molecule has 2 heterocycles. The van der Waals surface area contributed by atoms with Crippen LogP contribution in [0.5, 0.6) is 0 Å². The van der Waals surface area contributed by atoms with Crippen LogP contribution in [-0.2, 0) is 13.1 Å². The Kier molecular flexibility index (Phi) is 4.84. The largest absolute Gasteiger partial charge is 0.468 e. The van der Waals surface area contributed by atoms with Crippen molar-refractivity contribution in [1.82, 2.24) is 10.2 Å². The fraction of sp³-hybridized carbons (Fsp3) is 0.733. The molecule has 0 radical (unpaired) electrons. The van der Waals surface area contributed by atoms with Crippen LogP contribution in [0.2, 0.25) is 0 Å². The lowest BCUT2D eigenvalue weighted by Crippen LogP contribution is -2.38. The topological polar surface area (TPSA) is 28.4 Å². The van der Waals surface area contributed by atoms with E-state index in [4.69, 9.17) is 4.42 Å². The summed E-state index contributed by atoms with van der Waals surface area (Å²) < 4.78 is 5.57. The average molecular weight is 250 g/mol. The van der Waals surface area contributed by atoms with E-state index in [1.807, 2.05) is 6.26 Å². The van der Waals surface area contributed by atoms with Gasteiger partial charge >= 0.3 is 0 Å². The third kappa shape index (κ3) is 3.36. The van der Waals surface area contributed by atoms with E-state index in [0.717, 1.165) is 37.2 Å². The molecule has 3 heteroatoms. The molecule has 1 aliphatic rings. The lowest BCUT2D eigenvalue weighted by molar-refractivity contribution is 0.131. The van der Waals surface area contributed by atoms with Gasteiger partial charge in [-0.1, -0.05) is 20.8 Å². The number of rotatable bonds is 5. The number of piperidine rings is 1. The summed E-state index contributed by atoms with van der Waals surface area (Å²) in [6.45, 7) is 12.2. The minimum atomic E-state index is 0.808. The average Bonchev–Trinajstić information content (AvgIpc) is 2.79. The van der Waals surface area contributed by atoms with E-state index in [2.05, 4.69) is 37.1 Å². The highest BCUT2D eigenvalue weighted by Gasteiger charge is 2.23. The van der Waals surface area contributed by atoms with Crippen LogP contribution in [-0.4, -0.2) is 24.5 Å². The van der Waals surface area contributed by atoms with Gasteiger partial charge in [-0.2, -0.15) is 0 Å². The summed E-state index contributed by atoms with van der Waals surface area (Å²) in [5, 5.41) is 3.33. The van der Waals surface area contributed by atoms with Gasteiger partial charge in [-0.3, -0.25) is 4.90 Å². The van der Waals surface area contributed by atoms with E-state index < -0.39 is 0 Å². The molecule has 3 nitrogen and oxygen atoms in total. The van der Waals surface area contributed by atoms with Crippen molar-refractivity contribution < 1.29 is 4.42 Å². The Morgan fingerprint density at radius 2 is 2.22 bits per heavy atom. The van der Waals surface area contributed by atoms with Crippen molar-refractivity contribution >= 4 is 0 Å². The summed E-state index contributed by atoms with van der Waals surface area (Å²) in [5.41, 5.74) is 1.35. The van der Waals surface area contributed by atoms with E-state index in [9.17, 15) is 0 Å². The molecular weight excluding hydrogens is 224 g/mol. The highest BCUT2D eigenvalue weighted by molar-refractivity contribution is 5.17. The number of likely N-dealkylation sites (tertiary alicyclic amines) is 1. The van der Waals surface area contributed by atoms with Crippen LogP contribution in [0.1, 0.15) is 38.5 Å². The summed E-state index contributed by atoms with van der Waals surface area (Å²) >= 11 is 0. The Labute approximate surface area is 111 Å².